The maximum Gasteiger partial charge on any atom is 0.231 e. The van der Waals surface area contributed by atoms with Crippen LogP contribution in [0.3, 0.4) is 0 Å². The fourth-order valence-electron chi connectivity index (χ4n) is 5.33. The van der Waals surface area contributed by atoms with Crippen molar-refractivity contribution in [2.24, 2.45) is 11.3 Å². The van der Waals surface area contributed by atoms with Crippen molar-refractivity contribution in [1.29, 1.82) is 0 Å². The highest BCUT2D eigenvalue weighted by atomic mass is 16.3. The molecule has 0 radical (unpaired) electrons. The summed E-state index contributed by atoms with van der Waals surface area (Å²) in [6.07, 6.45) is 7.19. The van der Waals surface area contributed by atoms with Gasteiger partial charge in [-0.25, -0.2) is 9.97 Å². The number of anilines is 2. The lowest BCUT2D eigenvalue weighted by atomic mass is 9.62. The van der Waals surface area contributed by atoms with Gasteiger partial charge in [-0.15, -0.1) is 0 Å². The van der Waals surface area contributed by atoms with E-state index in [1.807, 2.05) is 18.3 Å². The molecule has 4 aromatic heterocycles. The van der Waals surface area contributed by atoms with Crippen LogP contribution in [0.2, 0.25) is 0 Å². The molecular formula is C24H28N6O. The maximum absolute atomic E-state index is 6.42. The van der Waals surface area contributed by atoms with Crippen LogP contribution < -0.4 is 11.1 Å². The normalized spacial score (nSPS) is 17.9. The molecular weight excluding hydrogens is 388 g/mol. The van der Waals surface area contributed by atoms with Gasteiger partial charge in [0.2, 0.25) is 5.71 Å². The second kappa shape index (κ2) is 7.18. The summed E-state index contributed by atoms with van der Waals surface area (Å²) in [6.45, 7) is 9.85. The van der Waals surface area contributed by atoms with Gasteiger partial charge in [-0.2, -0.15) is 4.98 Å². The molecule has 0 saturated carbocycles. The third-order valence-corrected chi connectivity index (χ3v) is 6.60. The van der Waals surface area contributed by atoms with E-state index in [4.69, 9.17) is 10.2 Å². The van der Waals surface area contributed by atoms with Crippen LogP contribution >= 0.6 is 0 Å². The molecule has 31 heavy (non-hydrogen) atoms. The van der Waals surface area contributed by atoms with Crippen LogP contribution in [0.4, 0.5) is 11.6 Å². The Morgan fingerprint density at radius 2 is 2.13 bits per heavy atom. The zero-order valence-corrected chi connectivity index (χ0v) is 18.4. The molecule has 0 spiro atoms. The molecule has 0 aromatic carbocycles. The van der Waals surface area contributed by atoms with E-state index in [-0.39, 0.29) is 5.41 Å². The van der Waals surface area contributed by atoms with Crippen LogP contribution in [-0.4, -0.2) is 19.9 Å². The van der Waals surface area contributed by atoms with Gasteiger partial charge in [0, 0.05) is 18.9 Å². The number of nitrogens with one attached hydrogen (secondary N) is 1. The van der Waals surface area contributed by atoms with Crippen LogP contribution in [0.1, 0.15) is 56.7 Å². The largest absolute Gasteiger partial charge is 0.432 e. The zero-order valence-electron chi connectivity index (χ0n) is 18.4. The van der Waals surface area contributed by atoms with Gasteiger partial charge in [0.1, 0.15) is 17.7 Å². The highest BCUT2D eigenvalue weighted by Gasteiger charge is 2.41. The van der Waals surface area contributed by atoms with Crippen LogP contribution in [0, 0.1) is 11.3 Å². The third kappa shape index (κ3) is 3.19. The number of hydrogen-bond donors (Lipinski definition) is 2. The monoisotopic (exact) mass is 416 g/mol. The molecule has 7 nitrogen and oxygen atoms in total. The van der Waals surface area contributed by atoms with Crippen molar-refractivity contribution < 1.29 is 4.42 Å². The van der Waals surface area contributed by atoms with Crippen molar-refractivity contribution in [2.45, 2.75) is 53.0 Å². The number of furan rings is 1. The second-order valence-corrected chi connectivity index (χ2v) is 9.50. The zero-order chi connectivity index (χ0) is 21.8. The van der Waals surface area contributed by atoms with Crippen molar-refractivity contribution >= 4 is 33.8 Å². The summed E-state index contributed by atoms with van der Waals surface area (Å²) >= 11 is 0. The van der Waals surface area contributed by atoms with E-state index < -0.39 is 0 Å². The van der Waals surface area contributed by atoms with Crippen LogP contribution in [0.15, 0.2) is 35.3 Å². The predicted octanol–water partition coefficient (Wildman–Crippen LogP) is 5.07. The van der Waals surface area contributed by atoms with Gasteiger partial charge < -0.3 is 15.5 Å². The quantitative estimate of drug-likeness (QED) is 0.478. The summed E-state index contributed by atoms with van der Waals surface area (Å²) in [7, 11) is 0. The number of nitrogen functional groups attached to an aromatic ring is 1. The minimum absolute atomic E-state index is 0.153. The van der Waals surface area contributed by atoms with E-state index in [1.165, 1.54) is 5.56 Å². The molecule has 0 fully saturated rings. The molecule has 1 aliphatic rings. The smallest absolute Gasteiger partial charge is 0.231 e. The maximum atomic E-state index is 6.42. The second-order valence-electron chi connectivity index (χ2n) is 9.50. The van der Waals surface area contributed by atoms with Crippen molar-refractivity contribution in [2.75, 3.05) is 11.1 Å². The van der Waals surface area contributed by atoms with Crippen LogP contribution in [0.5, 0.6) is 0 Å². The van der Waals surface area contributed by atoms with Crippen molar-refractivity contribution in [3.8, 4) is 0 Å². The Kier molecular flexibility index (Phi) is 4.57. The number of fused-ring (bicyclic) bond motifs is 5. The number of nitrogens with two attached hydrogens (primary N) is 1. The molecule has 4 heterocycles. The average Bonchev–Trinajstić information content (AvgIpc) is 3.10. The van der Waals surface area contributed by atoms with Gasteiger partial charge in [0.25, 0.3) is 0 Å². The highest BCUT2D eigenvalue weighted by Crippen LogP contribution is 2.53. The van der Waals surface area contributed by atoms with Gasteiger partial charge in [0.05, 0.1) is 5.39 Å². The first-order valence-electron chi connectivity index (χ1n) is 10.8. The summed E-state index contributed by atoms with van der Waals surface area (Å²) in [4.78, 5) is 17.9. The number of aromatic nitrogens is 4. The fourth-order valence-corrected chi connectivity index (χ4v) is 5.33. The van der Waals surface area contributed by atoms with Gasteiger partial charge in [-0.3, -0.25) is 4.98 Å². The topological polar surface area (TPSA) is 103 Å². The van der Waals surface area contributed by atoms with E-state index >= 15 is 0 Å². The number of hydrogen-bond acceptors (Lipinski definition) is 7. The Morgan fingerprint density at radius 1 is 1.29 bits per heavy atom. The minimum Gasteiger partial charge on any atom is -0.432 e. The van der Waals surface area contributed by atoms with Crippen molar-refractivity contribution in [3.05, 3.63) is 47.5 Å². The highest BCUT2D eigenvalue weighted by molar-refractivity contribution is 6.07. The summed E-state index contributed by atoms with van der Waals surface area (Å²) in [6, 6.07) is 3.94. The molecule has 3 N–H and O–H groups in total. The number of rotatable bonds is 4. The number of nitrogens with zero attached hydrogens (tertiary/aromatic N) is 4. The van der Waals surface area contributed by atoms with Crippen LogP contribution in [-0.2, 0) is 13.0 Å². The third-order valence-electron chi connectivity index (χ3n) is 6.60. The number of pyridine rings is 2. The molecule has 0 amide bonds. The molecule has 1 atom stereocenters. The van der Waals surface area contributed by atoms with Crippen molar-refractivity contribution in [3.63, 3.8) is 0 Å². The molecule has 4 aromatic rings. The first-order chi connectivity index (χ1) is 14.9. The predicted molar refractivity (Wildman–Crippen MR) is 123 cm³/mol. The Bertz CT molecular complexity index is 1260. The van der Waals surface area contributed by atoms with E-state index in [9.17, 15) is 0 Å². The SMILES string of the molecule is CC(C)C1c2c(c(N)nc3oc4c(NCc5cccnc5)ncnc4c23)CCC1(C)C. The van der Waals surface area contributed by atoms with E-state index in [2.05, 4.69) is 52.9 Å². The molecule has 0 aliphatic heterocycles. The summed E-state index contributed by atoms with van der Waals surface area (Å²) < 4.78 is 6.22. The lowest BCUT2D eigenvalue weighted by Gasteiger charge is -2.43. The summed E-state index contributed by atoms with van der Waals surface area (Å²) in [5.74, 6) is 2.01. The molecule has 0 saturated heterocycles. The standard InChI is InChI=1S/C24H28N6O/c1-13(2)18-16-15(7-8-24(18,3)4)21(25)30-23-17(16)19-20(31-23)22(29-12-28-19)27-11-14-6-5-9-26-10-14/h5-6,9-10,12-13,18H,7-8,11H2,1-4H3,(H2,25,30)(H,27,28,29). The molecule has 7 heteroatoms. The van der Waals surface area contributed by atoms with Crippen LogP contribution in [0.25, 0.3) is 22.2 Å². The molecule has 1 aliphatic carbocycles. The fraction of sp³-hybridized carbons (Fsp3) is 0.417. The Balaban J connectivity index is 1.70. The Labute approximate surface area is 181 Å². The minimum atomic E-state index is 0.153. The average molecular weight is 417 g/mol. The lowest BCUT2D eigenvalue weighted by molar-refractivity contribution is 0.200. The van der Waals surface area contributed by atoms with E-state index in [1.54, 1.807) is 12.5 Å². The van der Waals surface area contributed by atoms with Gasteiger partial charge in [0.15, 0.2) is 11.4 Å². The molecule has 1 unspecified atom stereocenters. The van der Waals surface area contributed by atoms with Gasteiger partial charge >= 0.3 is 0 Å². The van der Waals surface area contributed by atoms with E-state index in [0.717, 1.165) is 34.9 Å². The Hall–Kier alpha value is -3.22. The molecule has 0 bridgehead atoms. The van der Waals surface area contributed by atoms with E-state index in [0.29, 0.717) is 41.3 Å². The molecule has 5 rings (SSSR count). The lowest BCUT2D eigenvalue weighted by Crippen LogP contribution is -2.32. The molecule has 160 valence electrons. The van der Waals surface area contributed by atoms with Crippen molar-refractivity contribution in [1.82, 2.24) is 19.9 Å². The summed E-state index contributed by atoms with van der Waals surface area (Å²) in [5, 5.41) is 4.35. The first kappa shape index (κ1) is 19.7. The van der Waals surface area contributed by atoms with Gasteiger partial charge in [-0.05, 0) is 52.8 Å². The van der Waals surface area contributed by atoms with Gasteiger partial charge in [-0.1, -0.05) is 33.8 Å². The Morgan fingerprint density at radius 3 is 2.87 bits per heavy atom. The summed E-state index contributed by atoms with van der Waals surface area (Å²) in [5.41, 5.74) is 12.0. The first-order valence-corrected chi connectivity index (χ1v) is 10.8.